The molecular weight excluding hydrogens is 603 g/mol. The van der Waals surface area contributed by atoms with Crippen LogP contribution in [0.3, 0.4) is 0 Å². The lowest BCUT2D eigenvalue weighted by Gasteiger charge is -2.19. The van der Waals surface area contributed by atoms with E-state index in [1.807, 2.05) is 97.1 Å². The van der Waals surface area contributed by atoms with Crippen LogP contribution < -0.4 is 5.43 Å². The second-order valence-corrected chi connectivity index (χ2v) is 11.5. The quantitative estimate of drug-likeness (QED) is 0.135. The number of hydrogen-bond acceptors (Lipinski definition) is 7. The molecule has 0 bridgehead atoms. The SMILES string of the molecule is N=C1C(c2cccc(-c3ccccn3)n2)=CC=C(c2cccc(-c3ccccn3)n2)C1=NNc1ccc(-c2cccc3ccccc23)cc1. The molecule has 7 aromatic rings. The highest BCUT2D eigenvalue weighted by Gasteiger charge is 2.25. The van der Waals surface area contributed by atoms with E-state index < -0.39 is 0 Å². The van der Waals surface area contributed by atoms with E-state index in [9.17, 15) is 5.41 Å². The van der Waals surface area contributed by atoms with Gasteiger partial charge in [0.25, 0.3) is 0 Å². The molecule has 0 saturated carbocycles. The van der Waals surface area contributed by atoms with Gasteiger partial charge in [-0.2, -0.15) is 5.10 Å². The van der Waals surface area contributed by atoms with Gasteiger partial charge in [0.05, 0.1) is 45.6 Å². The van der Waals surface area contributed by atoms with E-state index in [1.54, 1.807) is 12.4 Å². The number of hydrazone groups is 1. The first-order valence-corrected chi connectivity index (χ1v) is 15.9. The first-order chi connectivity index (χ1) is 24.2. The number of fused-ring (bicyclic) bond motifs is 1. The molecule has 8 rings (SSSR count). The lowest BCUT2D eigenvalue weighted by molar-refractivity contribution is 1.22. The molecule has 7 nitrogen and oxygen atoms in total. The highest BCUT2D eigenvalue weighted by Crippen LogP contribution is 2.31. The van der Waals surface area contributed by atoms with Gasteiger partial charge in [0, 0.05) is 23.5 Å². The zero-order valence-corrected chi connectivity index (χ0v) is 26.3. The van der Waals surface area contributed by atoms with Gasteiger partial charge in [-0.25, -0.2) is 9.97 Å². The first kappa shape index (κ1) is 29.5. The fourth-order valence-electron chi connectivity index (χ4n) is 5.93. The average molecular weight is 632 g/mol. The van der Waals surface area contributed by atoms with Crippen molar-refractivity contribution in [3.05, 3.63) is 175 Å². The fourth-order valence-corrected chi connectivity index (χ4v) is 5.93. The van der Waals surface area contributed by atoms with E-state index in [4.69, 9.17) is 15.1 Å². The number of aromatic nitrogens is 4. The van der Waals surface area contributed by atoms with E-state index in [0.29, 0.717) is 28.2 Å². The average Bonchev–Trinajstić information content (AvgIpc) is 3.18. The monoisotopic (exact) mass is 631 g/mol. The first-order valence-electron chi connectivity index (χ1n) is 15.9. The van der Waals surface area contributed by atoms with Crippen LogP contribution in [0.15, 0.2) is 169 Å². The van der Waals surface area contributed by atoms with Gasteiger partial charge >= 0.3 is 0 Å². The van der Waals surface area contributed by atoms with E-state index in [0.717, 1.165) is 34.0 Å². The molecule has 0 amide bonds. The molecule has 2 N–H and O–H groups in total. The van der Waals surface area contributed by atoms with Crippen LogP contribution in [-0.4, -0.2) is 31.4 Å². The Morgan fingerprint density at radius 2 is 1.04 bits per heavy atom. The summed E-state index contributed by atoms with van der Waals surface area (Å²) >= 11 is 0. The third kappa shape index (κ3) is 6.04. The van der Waals surface area contributed by atoms with Crippen molar-refractivity contribution >= 4 is 39.0 Å². The Hall–Kier alpha value is -6.86. The zero-order chi connectivity index (χ0) is 33.0. The summed E-state index contributed by atoms with van der Waals surface area (Å²) in [6, 6.07) is 46.0. The number of nitrogens with zero attached hydrogens (tertiary/aromatic N) is 5. The number of rotatable bonds is 7. The van der Waals surface area contributed by atoms with Crippen molar-refractivity contribution in [3.63, 3.8) is 0 Å². The molecule has 0 aliphatic heterocycles. The Morgan fingerprint density at radius 3 is 1.71 bits per heavy atom. The van der Waals surface area contributed by atoms with Crippen LogP contribution in [0.25, 0.3) is 55.8 Å². The molecule has 4 heterocycles. The largest absolute Gasteiger partial charge is 0.298 e. The van der Waals surface area contributed by atoms with Crippen molar-refractivity contribution in [2.75, 3.05) is 5.43 Å². The summed E-state index contributed by atoms with van der Waals surface area (Å²) in [6.07, 6.45) is 7.37. The highest BCUT2D eigenvalue weighted by molar-refractivity contribution is 6.69. The number of anilines is 1. The highest BCUT2D eigenvalue weighted by atomic mass is 15.3. The second kappa shape index (κ2) is 13.1. The molecule has 1 aliphatic rings. The minimum atomic E-state index is 0.230. The van der Waals surface area contributed by atoms with Gasteiger partial charge in [-0.05, 0) is 94.7 Å². The molecule has 3 aromatic carbocycles. The minimum Gasteiger partial charge on any atom is -0.298 e. The minimum absolute atomic E-state index is 0.230. The molecule has 0 saturated heterocycles. The van der Waals surface area contributed by atoms with E-state index in [2.05, 4.69) is 70.0 Å². The molecule has 0 atom stereocenters. The summed E-state index contributed by atoms with van der Waals surface area (Å²) in [5.41, 5.74) is 12.7. The molecule has 4 aromatic heterocycles. The normalized spacial score (nSPS) is 13.6. The fraction of sp³-hybridized carbons (Fsp3) is 0. The van der Waals surface area contributed by atoms with Crippen LogP contribution in [0, 0.1) is 5.41 Å². The van der Waals surface area contributed by atoms with Crippen LogP contribution in [0.4, 0.5) is 5.69 Å². The van der Waals surface area contributed by atoms with Gasteiger partial charge in [-0.1, -0.05) is 78.9 Å². The van der Waals surface area contributed by atoms with Crippen molar-refractivity contribution < 1.29 is 0 Å². The van der Waals surface area contributed by atoms with Gasteiger partial charge in [-0.3, -0.25) is 20.8 Å². The number of hydrogen-bond donors (Lipinski definition) is 2. The van der Waals surface area contributed by atoms with Gasteiger partial charge in [-0.15, -0.1) is 0 Å². The summed E-state index contributed by atoms with van der Waals surface area (Å²) in [6.45, 7) is 0. The van der Waals surface area contributed by atoms with Crippen molar-refractivity contribution in [1.82, 2.24) is 19.9 Å². The molecule has 0 unspecified atom stereocenters. The van der Waals surface area contributed by atoms with Gasteiger partial charge in [0.2, 0.25) is 0 Å². The van der Waals surface area contributed by atoms with Gasteiger partial charge < -0.3 is 0 Å². The zero-order valence-electron chi connectivity index (χ0n) is 26.3. The number of benzene rings is 3. The number of allylic oxidation sites excluding steroid dienone is 4. The molecule has 1 aliphatic carbocycles. The smallest absolute Gasteiger partial charge is 0.118 e. The van der Waals surface area contributed by atoms with Crippen molar-refractivity contribution in [3.8, 4) is 33.9 Å². The number of nitrogens with one attached hydrogen (secondary N) is 2. The summed E-state index contributed by atoms with van der Waals surface area (Å²) in [4.78, 5) is 18.8. The molecular formula is C42H29N7. The van der Waals surface area contributed by atoms with Crippen molar-refractivity contribution in [1.29, 1.82) is 5.41 Å². The van der Waals surface area contributed by atoms with E-state index in [-0.39, 0.29) is 5.71 Å². The summed E-state index contributed by atoms with van der Waals surface area (Å²) in [7, 11) is 0. The maximum atomic E-state index is 9.43. The van der Waals surface area contributed by atoms with Crippen LogP contribution >= 0.6 is 0 Å². The topological polar surface area (TPSA) is 99.8 Å². The summed E-state index contributed by atoms with van der Waals surface area (Å²) in [5, 5.41) is 16.7. The summed E-state index contributed by atoms with van der Waals surface area (Å²) < 4.78 is 0. The van der Waals surface area contributed by atoms with Crippen LogP contribution in [-0.2, 0) is 0 Å². The maximum Gasteiger partial charge on any atom is 0.118 e. The molecule has 0 fully saturated rings. The lowest BCUT2D eigenvalue weighted by atomic mass is 9.90. The third-order valence-corrected chi connectivity index (χ3v) is 8.37. The predicted molar refractivity (Wildman–Crippen MR) is 199 cm³/mol. The molecule has 0 radical (unpaired) electrons. The van der Waals surface area contributed by atoms with Gasteiger partial charge in [0.1, 0.15) is 5.71 Å². The van der Waals surface area contributed by atoms with Crippen molar-refractivity contribution in [2.45, 2.75) is 0 Å². The Labute approximate surface area is 283 Å². The molecule has 7 heteroatoms. The lowest BCUT2D eigenvalue weighted by Crippen LogP contribution is -2.22. The Bertz CT molecular complexity index is 2410. The Morgan fingerprint density at radius 1 is 0.490 bits per heavy atom. The van der Waals surface area contributed by atoms with E-state index >= 15 is 0 Å². The second-order valence-electron chi connectivity index (χ2n) is 11.5. The van der Waals surface area contributed by atoms with Crippen LogP contribution in [0.1, 0.15) is 11.4 Å². The third-order valence-electron chi connectivity index (χ3n) is 8.37. The predicted octanol–water partition coefficient (Wildman–Crippen LogP) is 9.39. The standard InChI is InChI=1S/C42H29N7/c43-41-33(35-16-8-18-39(46-35)37-14-3-5-26-44-37)24-25-34(36-17-9-19-40(47-36)38-15-4-6-27-45-38)42(41)49-48-30-22-20-29(21-23-30)32-13-7-11-28-10-1-2-12-31(28)32/h1-27,43,48H. The Kier molecular flexibility index (Phi) is 7.89. The van der Waals surface area contributed by atoms with Gasteiger partial charge in [0.15, 0.2) is 0 Å². The number of pyridine rings is 4. The van der Waals surface area contributed by atoms with Crippen LogP contribution in [0.5, 0.6) is 0 Å². The van der Waals surface area contributed by atoms with Crippen LogP contribution in [0.2, 0.25) is 0 Å². The van der Waals surface area contributed by atoms with Crippen molar-refractivity contribution in [2.24, 2.45) is 5.10 Å². The molecule has 232 valence electrons. The Balaban J connectivity index is 1.16. The molecule has 49 heavy (non-hydrogen) atoms. The maximum absolute atomic E-state index is 9.43. The summed E-state index contributed by atoms with van der Waals surface area (Å²) in [5.74, 6) is 0. The van der Waals surface area contributed by atoms with E-state index in [1.165, 1.54) is 16.3 Å². The molecule has 0 spiro atoms.